The van der Waals surface area contributed by atoms with Crippen LogP contribution in [0.15, 0.2) is 0 Å². The molecular formula is C7H17O4P. The Labute approximate surface area is 73.8 Å². The van der Waals surface area contributed by atoms with Crippen LogP contribution in [0.3, 0.4) is 0 Å². The summed E-state index contributed by atoms with van der Waals surface area (Å²) in [7, 11) is -0.635. The lowest BCUT2D eigenvalue weighted by atomic mass is 10.1. The molecule has 0 aliphatic heterocycles. The lowest BCUT2D eigenvalue weighted by molar-refractivity contribution is 0.135. The van der Waals surface area contributed by atoms with Gasteiger partial charge in [0.1, 0.15) is 0 Å². The number of phosphoric ester groups is 1. The smallest absolute Gasteiger partial charge is 0.290 e. The Hall–Kier alpha value is 0.110. The quantitative estimate of drug-likeness (QED) is 0.612. The first kappa shape index (κ1) is 12.1. The lowest BCUT2D eigenvalue weighted by Crippen LogP contribution is -2.04. The van der Waals surface area contributed by atoms with Gasteiger partial charge in [0.25, 0.3) is 0 Å². The van der Waals surface area contributed by atoms with Crippen LogP contribution in [-0.4, -0.2) is 20.8 Å². The summed E-state index contributed by atoms with van der Waals surface area (Å²) < 4.78 is 25.5. The first-order valence-electron chi connectivity index (χ1n) is 3.94. The summed E-state index contributed by atoms with van der Waals surface area (Å²) in [6.07, 6.45) is 0.980. The van der Waals surface area contributed by atoms with Gasteiger partial charge in [0.05, 0.1) is 6.61 Å². The molecule has 0 aliphatic rings. The number of rotatable bonds is 6. The minimum atomic E-state index is -3.25. The van der Waals surface area contributed by atoms with E-state index in [1.54, 1.807) is 0 Å². The first-order valence-corrected chi connectivity index (χ1v) is 5.40. The monoisotopic (exact) mass is 196 g/mol. The molecule has 0 amide bonds. The third-order valence-corrected chi connectivity index (χ3v) is 3.02. The van der Waals surface area contributed by atoms with Gasteiger partial charge in [0, 0.05) is 14.2 Å². The van der Waals surface area contributed by atoms with E-state index >= 15 is 0 Å². The van der Waals surface area contributed by atoms with E-state index in [1.807, 2.05) is 13.8 Å². The Morgan fingerprint density at radius 2 is 1.83 bits per heavy atom. The third-order valence-electron chi connectivity index (χ3n) is 1.66. The zero-order chi connectivity index (χ0) is 9.61. The summed E-state index contributed by atoms with van der Waals surface area (Å²) in [4.78, 5) is 0. The molecule has 4 nitrogen and oxygen atoms in total. The molecule has 0 bridgehead atoms. The summed E-state index contributed by atoms with van der Waals surface area (Å²) in [6.45, 7) is 4.45. The maximum atomic E-state index is 11.3. The maximum Gasteiger partial charge on any atom is 0.474 e. The van der Waals surface area contributed by atoms with Crippen molar-refractivity contribution in [2.24, 2.45) is 5.92 Å². The Morgan fingerprint density at radius 1 is 1.33 bits per heavy atom. The predicted octanol–water partition coefficient (Wildman–Crippen LogP) is 2.45. The second-order valence-corrected chi connectivity index (χ2v) is 4.50. The van der Waals surface area contributed by atoms with Gasteiger partial charge in [-0.2, -0.15) is 0 Å². The van der Waals surface area contributed by atoms with Crippen LogP contribution in [0.25, 0.3) is 0 Å². The van der Waals surface area contributed by atoms with Crippen molar-refractivity contribution in [1.29, 1.82) is 0 Å². The molecule has 1 unspecified atom stereocenters. The highest BCUT2D eigenvalue weighted by molar-refractivity contribution is 7.48. The van der Waals surface area contributed by atoms with Crippen molar-refractivity contribution in [3.05, 3.63) is 0 Å². The first-order chi connectivity index (χ1) is 5.58. The Balaban J connectivity index is 3.81. The van der Waals surface area contributed by atoms with Gasteiger partial charge in [0.2, 0.25) is 0 Å². The van der Waals surface area contributed by atoms with E-state index in [-0.39, 0.29) is 0 Å². The van der Waals surface area contributed by atoms with Crippen LogP contribution < -0.4 is 0 Å². The van der Waals surface area contributed by atoms with Crippen molar-refractivity contribution < 1.29 is 18.1 Å². The minimum Gasteiger partial charge on any atom is -0.290 e. The van der Waals surface area contributed by atoms with Gasteiger partial charge < -0.3 is 0 Å². The predicted molar refractivity (Wildman–Crippen MR) is 47.0 cm³/mol. The molecule has 0 saturated carbocycles. The van der Waals surface area contributed by atoms with Crippen LogP contribution in [0.1, 0.15) is 20.3 Å². The summed E-state index contributed by atoms with van der Waals surface area (Å²) >= 11 is 0. The Kier molecular flexibility index (Phi) is 5.76. The molecule has 12 heavy (non-hydrogen) atoms. The molecule has 5 heteroatoms. The van der Waals surface area contributed by atoms with Gasteiger partial charge in [-0.1, -0.05) is 20.3 Å². The fourth-order valence-electron chi connectivity index (χ4n) is 0.516. The highest BCUT2D eigenvalue weighted by atomic mass is 31.2. The summed E-state index contributed by atoms with van der Waals surface area (Å²) in [6, 6.07) is 0. The van der Waals surface area contributed by atoms with E-state index in [0.29, 0.717) is 12.5 Å². The lowest BCUT2D eigenvalue weighted by Gasteiger charge is -2.15. The molecule has 0 spiro atoms. The molecule has 1 atom stereocenters. The van der Waals surface area contributed by atoms with Crippen LogP contribution in [0, 0.1) is 5.92 Å². The van der Waals surface area contributed by atoms with E-state index in [2.05, 4.69) is 9.05 Å². The molecule has 0 N–H and O–H groups in total. The standard InChI is InChI=1S/C7H17O4P/c1-5-7(2)6-11-12(8,9-3)10-4/h7H,5-6H2,1-4H3. The van der Waals surface area contributed by atoms with Gasteiger partial charge in [0.15, 0.2) is 0 Å². The Bertz CT molecular complexity index is 151. The van der Waals surface area contributed by atoms with Gasteiger partial charge in [-0.3, -0.25) is 13.6 Å². The van der Waals surface area contributed by atoms with Crippen LogP contribution in [0.4, 0.5) is 0 Å². The molecule has 0 fully saturated rings. The minimum absolute atomic E-state index is 0.364. The Morgan fingerprint density at radius 3 is 2.17 bits per heavy atom. The van der Waals surface area contributed by atoms with E-state index in [4.69, 9.17) is 4.52 Å². The van der Waals surface area contributed by atoms with Gasteiger partial charge in [-0.05, 0) is 5.92 Å². The zero-order valence-electron chi connectivity index (χ0n) is 8.07. The molecule has 0 aromatic rings. The molecule has 0 aromatic carbocycles. The van der Waals surface area contributed by atoms with E-state index < -0.39 is 7.82 Å². The zero-order valence-corrected chi connectivity index (χ0v) is 8.97. The maximum absolute atomic E-state index is 11.3. The highest BCUT2D eigenvalue weighted by Crippen LogP contribution is 2.47. The molecule has 0 rings (SSSR count). The van der Waals surface area contributed by atoms with E-state index in [0.717, 1.165) is 6.42 Å². The van der Waals surface area contributed by atoms with Crippen molar-refractivity contribution in [3.8, 4) is 0 Å². The molecule has 74 valence electrons. The number of phosphoric acid groups is 1. The average Bonchev–Trinajstić information content (AvgIpc) is 2.13. The highest BCUT2D eigenvalue weighted by Gasteiger charge is 2.22. The normalized spacial score (nSPS) is 14.7. The van der Waals surface area contributed by atoms with Gasteiger partial charge in [-0.15, -0.1) is 0 Å². The topological polar surface area (TPSA) is 44.8 Å². The molecule has 0 saturated heterocycles. The van der Waals surface area contributed by atoms with Gasteiger partial charge in [-0.25, -0.2) is 4.57 Å². The van der Waals surface area contributed by atoms with Crippen molar-refractivity contribution in [2.45, 2.75) is 20.3 Å². The molecule has 0 radical (unpaired) electrons. The van der Waals surface area contributed by atoms with Gasteiger partial charge >= 0.3 is 7.82 Å². The van der Waals surface area contributed by atoms with Crippen molar-refractivity contribution in [2.75, 3.05) is 20.8 Å². The van der Waals surface area contributed by atoms with Crippen LogP contribution in [0.5, 0.6) is 0 Å². The number of hydrogen-bond acceptors (Lipinski definition) is 4. The largest absolute Gasteiger partial charge is 0.474 e. The molecule has 0 aromatic heterocycles. The average molecular weight is 196 g/mol. The molecular weight excluding hydrogens is 179 g/mol. The van der Waals surface area contributed by atoms with Crippen molar-refractivity contribution >= 4 is 7.82 Å². The van der Waals surface area contributed by atoms with Crippen molar-refractivity contribution in [1.82, 2.24) is 0 Å². The van der Waals surface area contributed by atoms with Crippen LogP contribution in [0.2, 0.25) is 0 Å². The summed E-state index contributed by atoms with van der Waals surface area (Å²) in [5, 5.41) is 0. The van der Waals surface area contributed by atoms with Crippen LogP contribution >= 0.6 is 7.82 Å². The molecule has 0 aliphatic carbocycles. The second kappa shape index (κ2) is 5.70. The summed E-state index contributed by atoms with van der Waals surface area (Å²) in [5.41, 5.74) is 0. The van der Waals surface area contributed by atoms with E-state index in [1.165, 1.54) is 14.2 Å². The number of hydrogen-bond donors (Lipinski definition) is 0. The fraction of sp³-hybridized carbons (Fsp3) is 1.00. The molecule has 0 heterocycles. The van der Waals surface area contributed by atoms with E-state index in [9.17, 15) is 4.57 Å². The third kappa shape index (κ3) is 4.21. The fourth-order valence-corrected chi connectivity index (χ4v) is 1.31. The second-order valence-electron chi connectivity index (χ2n) is 2.62. The van der Waals surface area contributed by atoms with Crippen LogP contribution in [-0.2, 0) is 18.1 Å². The SMILES string of the molecule is CCC(C)COP(=O)(OC)OC. The van der Waals surface area contributed by atoms with Crippen molar-refractivity contribution in [3.63, 3.8) is 0 Å². The summed E-state index contributed by atoms with van der Waals surface area (Å²) in [5.74, 6) is 0.364.